The number of ether oxygens (including phenoxy) is 1. The van der Waals surface area contributed by atoms with Crippen LogP contribution in [-0.4, -0.2) is 67.9 Å². The topological polar surface area (TPSA) is 151 Å². The van der Waals surface area contributed by atoms with Gasteiger partial charge in [-0.3, -0.25) is 14.3 Å². The summed E-state index contributed by atoms with van der Waals surface area (Å²) in [5.74, 6) is 1.69. The van der Waals surface area contributed by atoms with E-state index >= 15 is 0 Å². The van der Waals surface area contributed by atoms with Crippen LogP contribution in [0.25, 0.3) is 16.6 Å². The Morgan fingerprint density at radius 3 is 2.47 bits per heavy atom. The van der Waals surface area contributed by atoms with Crippen molar-refractivity contribution in [2.75, 3.05) is 53.3 Å². The number of benzene rings is 2. The van der Waals surface area contributed by atoms with E-state index in [0.29, 0.717) is 45.5 Å². The summed E-state index contributed by atoms with van der Waals surface area (Å²) in [5, 5.41) is 6.69. The quantitative estimate of drug-likeness (QED) is 0.206. The van der Waals surface area contributed by atoms with Gasteiger partial charge in [0, 0.05) is 62.1 Å². The molecule has 13 heteroatoms. The number of hydrogen-bond acceptors (Lipinski definition) is 11. The number of nitrogens with one attached hydrogen (secondary N) is 2. The minimum Gasteiger partial charge on any atom is -0.494 e. The number of hydrogen-bond donors (Lipinski definition) is 3. The molecule has 12 nitrogen and oxygen atoms in total. The summed E-state index contributed by atoms with van der Waals surface area (Å²) in [6.45, 7) is 12.1. The molecule has 0 aliphatic carbocycles. The molecule has 0 saturated carbocycles. The third-order valence-electron chi connectivity index (χ3n) is 8.03. The first-order valence-corrected chi connectivity index (χ1v) is 16.7. The van der Waals surface area contributed by atoms with Crippen LogP contribution in [0.2, 0.25) is 0 Å². The van der Waals surface area contributed by atoms with Crippen molar-refractivity contribution in [1.29, 1.82) is 0 Å². The van der Waals surface area contributed by atoms with Crippen molar-refractivity contribution >= 4 is 61.1 Å². The maximum Gasteiger partial charge on any atom is 0.232 e. The minimum atomic E-state index is -3.63. The van der Waals surface area contributed by atoms with Gasteiger partial charge in [-0.2, -0.15) is 4.98 Å². The number of rotatable bonds is 10. The van der Waals surface area contributed by atoms with Crippen molar-refractivity contribution in [3.63, 3.8) is 0 Å². The van der Waals surface area contributed by atoms with E-state index in [2.05, 4.69) is 63.0 Å². The van der Waals surface area contributed by atoms with Crippen molar-refractivity contribution in [3.8, 4) is 5.75 Å². The van der Waals surface area contributed by atoms with Gasteiger partial charge in [-0.25, -0.2) is 13.4 Å². The van der Waals surface area contributed by atoms with Crippen LogP contribution in [0.5, 0.6) is 5.75 Å². The van der Waals surface area contributed by atoms with Crippen LogP contribution in [0.4, 0.5) is 34.5 Å². The Hall–Kier alpha value is -4.49. The molecule has 1 saturated heterocycles. The van der Waals surface area contributed by atoms with Crippen LogP contribution in [0, 0.1) is 0 Å². The van der Waals surface area contributed by atoms with Gasteiger partial charge in [0.05, 0.1) is 30.3 Å². The van der Waals surface area contributed by atoms with Gasteiger partial charge in [0.1, 0.15) is 22.8 Å². The fraction of sp³-hybridized carbons (Fsp3) is 0.375. The van der Waals surface area contributed by atoms with E-state index in [1.165, 1.54) is 23.1 Å². The second-order valence-corrected chi connectivity index (χ2v) is 13.7. The number of anilines is 6. The Labute approximate surface area is 264 Å². The Morgan fingerprint density at radius 1 is 1.11 bits per heavy atom. The fourth-order valence-electron chi connectivity index (χ4n) is 5.43. The minimum absolute atomic E-state index is 0.235. The zero-order valence-electron chi connectivity index (χ0n) is 26.6. The highest BCUT2D eigenvalue weighted by Crippen LogP contribution is 2.40. The number of piperidine rings is 1. The first-order chi connectivity index (χ1) is 21.4. The SMILES string of the molecule is C=C(C)c1cnc(Nc2cc(C(C)C)c(N3CCC(N)CC3)cc2OC)nc1Nc1ccc2nccnc2c1N(C)S(C)(=O)=O. The molecule has 238 valence electrons. The molecule has 0 unspecified atom stereocenters. The van der Waals surface area contributed by atoms with Gasteiger partial charge in [0.15, 0.2) is 0 Å². The standard InChI is InChI=1S/C32H41N9O3S/c1-19(2)22-16-26(28(44-6)17-27(22)41-14-10-21(33)11-15-41)38-32-36-18-23(20(3)4)31(39-32)37-25-9-8-24-29(35-13-12-34-24)30(25)40(5)45(7,42)43/h8-9,12-13,16-19,21H,3,10-11,14-15,33H2,1-2,4-7H3,(H2,36,37,38,39). The molecule has 2 aromatic carbocycles. The van der Waals surface area contributed by atoms with Crippen LogP contribution in [0.3, 0.4) is 0 Å². The highest BCUT2D eigenvalue weighted by molar-refractivity contribution is 7.92. The number of sulfonamides is 1. The normalized spacial score (nSPS) is 14.1. The Bertz CT molecular complexity index is 1840. The molecule has 1 fully saturated rings. The number of methoxy groups -OCH3 is 1. The largest absolute Gasteiger partial charge is 0.494 e. The molecule has 1 aliphatic heterocycles. The first-order valence-electron chi connectivity index (χ1n) is 14.8. The lowest BCUT2D eigenvalue weighted by molar-refractivity contribution is 0.416. The van der Waals surface area contributed by atoms with E-state index < -0.39 is 10.0 Å². The monoisotopic (exact) mass is 631 g/mol. The lowest BCUT2D eigenvalue weighted by atomic mass is 9.97. The molecule has 0 radical (unpaired) electrons. The van der Waals surface area contributed by atoms with Gasteiger partial charge in [-0.1, -0.05) is 20.4 Å². The number of nitrogens with zero attached hydrogens (tertiary/aromatic N) is 6. The van der Waals surface area contributed by atoms with Crippen LogP contribution >= 0.6 is 0 Å². The maximum atomic E-state index is 12.7. The summed E-state index contributed by atoms with van der Waals surface area (Å²) in [5.41, 5.74) is 12.4. The fourth-order valence-corrected chi connectivity index (χ4v) is 5.95. The van der Waals surface area contributed by atoms with Crippen molar-refractivity contribution in [1.82, 2.24) is 19.9 Å². The van der Waals surface area contributed by atoms with Crippen LogP contribution in [0.15, 0.2) is 49.4 Å². The van der Waals surface area contributed by atoms with E-state index in [4.69, 9.17) is 15.5 Å². The second-order valence-electron chi connectivity index (χ2n) is 11.7. The zero-order chi connectivity index (χ0) is 32.5. The molecule has 1 aliphatic rings. The molecule has 0 bridgehead atoms. The Kier molecular flexibility index (Phi) is 9.12. The molecule has 4 N–H and O–H groups in total. The molecule has 0 amide bonds. The van der Waals surface area contributed by atoms with E-state index in [1.807, 2.05) is 6.92 Å². The van der Waals surface area contributed by atoms with Crippen molar-refractivity contribution in [2.24, 2.45) is 5.73 Å². The first kappa shape index (κ1) is 31.9. The number of allylic oxidation sites excluding steroid dienone is 1. The highest BCUT2D eigenvalue weighted by atomic mass is 32.2. The van der Waals surface area contributed by atoms with Crippen molar-refractivity contribution in [2.45, 2.75) is 45.6 Å². The molecule has 4 aromatic rings. The third-order valence-corrected chi connectivity index (χ3v) is 9.20. The predicted octanol–water partition coefficient (Wildman–Crippen LogP) is 5.40. The third kappa shape index (κ3) is 6.79. The van der Waals surface area contributed by atoms with E-state index in [0.717, 1.165) is 49.1 Å². The van der Waals surface area contributed by atoms with Gasteiger partial charge in [0.25, 0.3) is 0 Å². The molecular weight excluding hydrogens is 590 g/mol. The van der Waals surface area contributed by atoms with Gasteiger partial charge in [0.2, 0.25) is 16.0 Å². The molecule has 0 spiro atoms. The highest BCUT2D eigenvalue weighted by Gasteiger charge is 2.24. The zero-order valence-corrected chi connectivity index (χ0v) is 27.4. The predicted molar refractivity (Wildman–Crippen MR) is 183 cm³/mol. The number of nitrogens with two attached hydrogens (primary N) is 1. The summed E-state index contributed by atoms with van der Waals surface area (Å²) < 4.78 is 32.4. The average molecular weight is 632 g/mol. The van der Waals surface area contributed by atoms with Crippen LogP contribution in [-0.2, 0) is 10.0 Å². The Balaban J connectivity index is 1.56. The van der Waals surface area contributed by atoms with Gasteiger partial charge in [-0.05, 0) is 55.0 Å². The average Bonchev–Trinajstić information content (AvgIpc) is 3.00. The molecular formula is C32H41N9O3S. The summed E-state index contributed by atoms with van der Waals surface area (Å²) >= 11 is 0. The van der Waals surface area contributed by atoms with Gasteiger partial charge in [-0.15, -0.1) is 0 Å². The van der Waals surface area contributed by atoms with Crippen LogP contribution in [0.1, 0.15) is 50.7 Å². The lowest BCUT2D eigenvalue weighted by Gasteiger charge is -2.34. The smallest absolute Gasteiger partial charge is 0.232 e. The summed E-state index contributed by atoms with van der Waals surface area (Å²) in [6.07, 6.45) is 7.81. The summed E-state index contributed by atoms with van der Waals surface area (Å²) in [6, 6.07) is 7.94. The van der Waals surface area contributed by atoms with Crippen LogP contribution < -0.4 is 30.3 Å². The van der Waals surface area contributed by atoms with E-state index in [1.54, 1.807) is 31.6 Å². The lowest BCUT2D eigenvalue weighted by Crippen LogP contribution is -2.40. The maximum absolute atomic E-state index is 12.7. The van der Waals surface area contributed by atoms with Crippen molar-refractivity contribution in [3.05, 3.63) is 60.6 Å². The van der Waals surface area contributed by atoms with Gasteiger partial charge >= 0.3 is 0 Å². The summed E-state index contributed by atoms with van der Waals surface area (Å²) in [7, 11) is -0.504. The van der Waals surface area contributed by atoms with Crippen molar-refractivity contribution < 1.29 is 13.2 Å². The molecule has 3 heterocycles. The van der Waals surface area contributed by atoms with Gasteiger partial charge < -0.3 is 26.0 Å². The second kappa shape index (κ2) is 12.9. The number of aromatic nitrogens is 4. The summed E-state index contributed by atoms with van der Waals surface area (Å²) in [4.78, 5) is 20.6. The molecule has 5 rings (SSSR count). The molecule has 45 heavy (non-hydrogen) atoms. The molecule has 2 aromatic heterocycles. The number of fused-ring (bicyclic) bond motifs is 1. The molecule has 0 atom stereocenters. The van der Waals surface area contributed by atoms with E-state index in [-0.39, 0.29) is 12.0 Å². The van der Waals surface area contributed by atoms with E-state index in [9.17, 15) is 8.42 Å². The Morgan fingerprint density at radius 2 is 1.82 bits per heavy atom.